The van der Waals surface area contributed by atoms with E-state index < -0.39 is 6.10 Å². The van der Waals surface area contributed by atoms with Gasteiger partial charge in [-0.15, -0.1) is 0 Å². The summed E-state index contributed by atoms with van der Waals surface area (Å²) in [6.07, 6.45) is 8.87. The maximum Gasteiger partial charge on any atom is 0.232 e. The van der Waals surface area contributed by atoms with Crippen LogP contribution in [0.25, 0.3) is 0 Å². The van der Waals surface area contributed by atoms with Crippen LogP contribution in [0.5, 0.6) is 0 Å². The number of rotatable bonds is 9. The molecule has 5 heteroatoms. The molecule has 30 heavy (non-hydrogen) atoms. The predicted molar refractivity (Wildman–Crippen MR) is 124 cm³/mol. The highest BCUT2D eigenvalue weighted by Crippen LogP contribution is 2.48. The van der Waals surface area contributed by atoms with Crippen molar-refractivity contribution in [2.45, 2.75) is 44.8 Å². The molecule has 4 nitrogen and oxygen atoms in total. The highest BCUT2D eigenvalue weighted by Gasteiger charge is 2.43. The van der Waals surface area contributed by atoms with Crippen LogP contribution in [0.15, 0.2) is 48.1 Å². The molecular formula is C25H35NO3S. The highest BCUT2D eigenvalue weighted by atomic mass is 32.2. The van der Waals surface area contributed by atoms with Gasteiger partial charge in [-0.05, 0) is 49.3 Å². The number of aliphatic hydroxyl groups is 2. The van der Waals surface area contributed by atoms with Crippen molar-refractivity contribution < 1.29 is 15.0 Å². The summed E-state index contributed by atoms with van der Waals surface area (Å²) in [5.74, 6) is 2.64. The average Bonchev–Trinajstić information content (AvgIpc) is 3.19. The van der Waals surface area contributed by atoms with E-state index in [0.717, 1.165) is 30.6 Å². The Bertz CT molecular complexity index is 788. The van der Waals surface area contributed by atoms with Gasteiger partial charge in [-0.3, -0.25) is 4.79 Å². The number of fused-ring (bicyclic) bond motifs is 1. The molecule has 0 unspecified atom stereocenters. The Morgan fingerprint density at radius 3 is 2.90 bits per heavy atom. The van der Waals surface area contributed by atoms with Crippen molar-refractivity contribution >= 4 is 17.7 Å². The third-order valence-electron chi connectivity index (χ3n) is 6.32. The van der Waals surface area contributed by atoms with Crippen molar-refractivity contribution in [1.82, 2.24) is 4.90 Å². The van der Waals surface area contributed by atoms with E-state index in [4.69, 9.17) is 0 Å². The van der Waals surface area contributed by atoms with Crippen molar-refractivity contribution in [3.63, 3.8) is 0 Å². The lowest BCUT2D eigenvalue weighted by Crippen LogP contribution is -2.23. The predicted octanol–water partition coefficient (Wildman–Crippen LogP) is 3.61. The van der Waals surface area contributed by atoms with Gasteiger partial charge in [0.05, 0.1) is 18.0 Å². The average molecular weight is 430 g/mol. The molecule has 1 fully saturated rings. The van der Waals surface area contributed by atoms with E-state index in [2.05, 4.69) is 31.2 Å². The molecular weight excluding hydrogens is 394 g/mol. The Morgan fingerprint density at radius 2 is 2.17 bits per heavy atom. The van der Waals surface area contributed by atoms with E-state index in [-0.39, 0.29) is 17.9 Å². The van der Waals surface area contributed by atoms with Crippen LogP contribution in [0, 0.1) is 24.7 Å². The molecule has 1 amide bonds. The largest absolute Gasteiger partial charge is 0.392 e. The molecule has 0 aliphatic heterocycles. The van der Waals surface area contributed by atoms with Crippen LogP contribution in [0.4, 0.5) is 0 Å². The number of hydrogen-bond acceptors (Lipinski definition) is 4. The summed E-state index contributed by atoms with van der Waals surface area (Å²) in [7, 11) is 3.58. The van der Waals surface area contributed by atoms with E-state index >= 15 is 0 Å². The minimum atomic E-state index is -0.530. The number of hydrogen-bond donors (Lipinski definition) is 2. The van der Waals surface area contributed by atoms with Gasteiger partial charge >= 0.3 is 0 Å². The first-order valence-electron chi connectivity index (χ1n) is 10.9. The van der Waals surface area contributed by atoms with Crippen molar-refractivity contribution in [2.75, 3.05) is 25.6 Å². The maximum atomic E-state index is 11.7. The molecule has 1 aromatic carbocycles. The summed E-state index contributed by atoms with van der Waals surface area (Å²) in [6.45, 7) is 2.06. The number of thioether (sulfide) groups is 1. The summed E-state index contributed by atoms with van der Waals surface area (Å²) < 4.78 is 0. The first-order chi connectivity index (χ1) is 14.3. The zero-order chi connectivity index (χ0) is 21.7. The Kier molecular flexibility index (Phi) is 8.20. The van der Waals surface area contributed by atoms with Crippen LogP contribution in [0.3, 0.4) is 0 Å². The minimum Gasteiger partial charge on any atom is -0.392 e. The summed E-state index contributed by atoms with van der Waals surface area (Å²) in [4.78, 5) is 13.3. The van der Waals surface area contributed by atoms with Gasteiger partial charge in [-0.1, -0.05) is 53.6 Å². The standard InChI is InChI=1S/C25H35NO3S/c1-17-5-4-6-18(11-17)13-21(27)7-8-22-23-14-19(12-20(23)15-24(22)28)9-10-30-16-25(29)26(2)3/h4-8,11-12,20-24,27-28H,9-10,13-16H2,1-3H3/t20-,21+,22+,23-,24+/m0/s1. The van der Waals surface area contributed by atoms with Crippen LogP contribution in [0.2, 0.25) is 0 Å². The summed E-state index contributed by atoms with van der Waals surface area (Å²) in [5, 5.41) is 21.0. The number of nitrogens with zero attached hydrogens (tertiary/aromatic N) is 1. The van der Waals surface area contributed by atoms with E-state index in [1.54, 1.807) is 30.8 Å². The lowest BCUT2D eigenvalue weighted by molar-refractivity contribution is -0.125. The van der Waals surface area contributed by atoms with E-state index in [1.807, 2.05) is 18.2 Å². The molecule has 2 N–H and O–H groups in total. The van der Waals surface area contributed by atoms with Crippen molar-refractivity contribution in [2.24, 2.45) is 17.8 Å². The van der Waals surface area contributed by atoms with Gasteiger partial charge in [0, 0.05) is 26.4 Å². The third kappa shape index (κ3) is 6.22. The van der Waals surface area contributed by atoms with Crippen LogP contribution in [0.1, 0.15) is 30.4 Å². The Labute approximate surface area is 185 Å². The second-order valence-electron chi connectivity index (χ2n) is 8.97. The fraction of sp³-hybridized carbons (Fsp3) is 0.560. The molecule has 1 saturated carbocycles. The molecule has 0 radical (unpaired) electrons. The molecule has 1 aromatic rings. The van der Waals surface area contributed by atoms with Gasteiger partial charge in [0.1, 0.15) is 0 Å². The lowest BCUT2D eigenvalue weighted by Gasteiger charge is -2.19. The van der Waals surface area contributed by atoms with Gasteiger partial charge in [0.2, 0.25) is 5.91 Å². The fourth-order valence-electron chi connectivity index (χ4n) is 4.69. The van der Waals surface area contributed by atoms with Crippen molar-refractivity contribution in [1.29, 1.82) is 0 Å². The maximum absolute atomic E-state index is 11.7. The van der Waals surface area contributed by atoms with E-state index in [0.29, 0.717) is 24.0 Å². The molecule has 3 rings (SSSR count). The molecule has 0 saturated heterocycles. The van der Waals surface area contributed by atoms with Gasteiger partial charge in [-0.2, -0.15) is 11.8 Å². The number of aliphatic hydroxyl groups excluding tert-OH is 2. The normalized spacial score (nSPS) is 26.6. The SMILES string of the molecule is Cc1cccc(C[C@H](O)C=C[C@@H]2[C@H]3CC(CCSCC(=O)N(C)C)=C[C@H]3C[C@H]2O)c1. The van der Waals surface area contributed by atoms with Gasteiger partial charge in [-0.25, -0.2) is 0 Å². The first-order valence-corrected chi connectivity index (χ1v) is 12.1. The molecule has 0 bridgehead atoms. The molecule has 5 atom stereocenters. The Hall–Kier alpha value is -1.56. The van der Waals surface area contributed by atoms with Crippen molar-refractivity contribution in [3.8, 4) is 0 Å². The van der Waals surface area contributed by atoms with Crippen molar-refractivity contribution in [3.05, 3.63) is 59.2 Å². The van der Waals surface area contributed by atoms with Gasteiger partial charge in [0.15, 0.2) is 0 Å². The zero-order valence-corrected chi connectivity index (χ0v) is 19.1. The second-order valence-corrected chi connectivity index (χ2v) is 10.1. The van der Waals surface area contributed by atoms with Crippen LogP contribution in [-0.2, 0) is 11.2 Å². The second kappa shape index (κ2) is 10.7. The van der Waals surface area contributed by atoms with E-state index in [9.17, 15) is 15.0 Å². The summed E-state index contributed by atoms with van der Waals surface area (Å²) in [5.41, 5.74) is 3.79. The van der Waals surface area contributed by atoms with Crippen LogP contribution >= 0.6 is 11.8 Å². The summed E-state index contributed by atoms with van der Waals surface area (Å²) >= 11 is 1.69. The number of allylic oxidation sites excluding steroid dienone is 2. The zero-order valence-electron chi connectivity index (χ0n) is 18.3. The first kappa shape index (κ1) is 23.1. The number of amides is 1. The van der Waals surface area contributed by atoms with E-state index in [1.165, 1.54) is 11.1 Å². The topological polar surface area (TPSA) is 60.8 Å². The molecule has 0 heterocycles. The Morgan fingerprint density at radius 1 is 1.37 bits per heavy atom. The molecule has 164 valence electrons. The van der Waals surface area contributed by atoms with Crippen LogP contribution in [-0.4, -0.2) is 58.8 Å². The monoisotopic (exact) mass is 429 g/mol. The third-order valence-corrected chi connectivity index (χ3v) is 7.27. The number of benzene rings is 1. The quantitative estimate of drug-likeness (QED) is 0.465. The Balaban J connectivity index is 1.47. The highest BCUT2D eigenvalue weighted by molar-refractivity contribution is 7.99. The molecule has 0 spiro atoms. The fourth-order valence-corrected chi connectivity index (χ4v) is 5.67. The number of carbonyl (C=O) groups excluding carboxylic acids is 1. The summed E-state index contributed by atoms with van der Waals surface area (Å²) in [6, 6.07) is 8.23. The van der Waals surface area contributed by atoms with Crippen LogP contribution < -0.4 is 0 Å². The molecule has 0 aromatic heterocycles. The smallest absolute Gasteiger partial charge is 0.232 e. The molecule has 2 aliphatic rings. The van der Waals surface area contributed by atoms with Gasteiger partial charge < -0.3 is 15.1 Å². The number of aryl methyl sites for hydroxylation is 1. The lowest BCUT2D eigenvalue weighted by atomic mass is 9.88. The number of carbonyl (C=O) groups is 1. The van der Waals surface area contributed by atoms with Gasteiger partial charge in [0.25, 0.3) is 0 Å². The molecule has 2 aliphatic carbocycles. The minimum absolute atomic E-state index is 0.110.